The summed E-state index contributed by atoms with van der Waals surface area (Å²) < 4.78 is 2.09. The van der Waals surface area contributed by atoms with Crippen molar-refractivity contribution in [3.05, 3.63) is 102 Å². The van der Waals surface area contributed by atoms with E-state index in [1.165, 1.54) is 5.69 Å². The Hall–Kier alpha value is -6.68. The van der Waals surface area contributed by atoms with E-state index in [1.54, 1.807) is 18.5 Å². The quantitative estimate of drug-likeness (QED) is 0.174. The molecule has 5 aromatic rings. The summed E-state index contributed by atoms with van der Waals surface area (Å²) in [5.41, 5.74) is 6.09. The maximum absolute atomic E-state index is 13.4. The molecule has 0 spiro atoms. The van der Waals surface area contributed by atoms with Crippen LogP contribution in [0.15, 0.2) is 85.5 Å². The van der Waals surface area contributed by atoms with Crippen molar-refractivity contribution in [3.8, 4) is 0 Å². The van der Waals surface area contributed by atoms with Crippen molar-refractivity contribution in [3.63, 3.8) is 0 Å². The molecule has 3 aromatic carbocycles. The average molecular weight is 822 g/mol. The SMILES string of the molecule is O=C1CCC(N2C(=O)c3ccc(N4CCN(C5CCN(c6ccc(Nc7ncnc8c7ncn8C7CC(NC(=O)Cc8ccccc8)C7)cc6)CC5)CC4)cc3C2=O)C(=O)N1. The fraction of sp³-hybridized carbons (Fsp3) is 0.378. The number of amides is 5. The van der Waals surface area contributed by atoms with E-state index >= 15 is 0 Å². The molecule has 312 valence electrons. The van der Waals surface area contributed by atoms with Crippen molar-refractivity contribution in [2.75, 3.05) is 54.4 Å². The van der Waals surface area contributed by atoms with Gasteiger partial charge in [-0.1, -0.05) is 30.3 Å². The van der Waals surface area contributed by atoms with Crippen LogP contribution < -0.4 is 25.8 Å². The highest BCUT2D eigenvalue weighted by Crippen LogP contribution is 2.36. The minimum Gasteiger partial charge on any atom is -0.371 e. The average Bonchev–Trinajstić information content (AvgIpc) is 3.80. The first-order chi connectivity index (χ1) is 29.8. The highest BCUT2D eigenvalue weighted by atomic mass is 16.2. The topological polar surface area (TPSA) is 178 Å². The second-order valence-electron chi connectivity index (χ2n) is 16.7. The lowest BCUT2D eigenvalue weighted by molar-refractivity contribution is -0.136. The third-order valence-corrected chi connectivity index (χ3v) is 13.0. The number of carbonyl (C=O) groups excluding carboxylic acids is 5. The van der Waals surface area contributed by atoms with Crippen LogP contribution in [0.1, 0.15) is 70.8 Å². The third kappa shape index (κ3) is 7.56. The number of hydrogen-bond acceptors (Lipinski definition) is 12. The van der Waals surface area contributed by atoms with Gasteiger partial charge in [-0.05, 0) is 80.1 Å². The molecule has 1 aliphatic carbocycles. The van der Waals surface area contributed by atoms with Gasteiger partial charge >= 0.3 is 0 Å². The molecule has 16 nitrogen and oxygen atoms in total. The van der Waals surface area contributed by atoms with Gasteiger partial charge in [0, 0.05) is 80.9 Å². The number of piperazine rings is 1. The lowest BCUT2D eigenvalue weighted by Crippen LogP contribution is -2.54. The Balaban J connectivity index is 0.692. The van der Waals surface area contributed by atoms with E-state index in [2.05, 4.69) is 74.4 Å². The van der Waals surface area contributed by atoms with Crippen LogP contribution in [0.25, 0.3) is 11.2 Å². The summed E-state index contributed by atoms with van der Waals surface area (Å²) in [4.78, 5) is 85.3. The molecule has 5 amide bonds. The molecule has 1 unspecified atom stereocenters. The van der Waals surface area contributed by atoms with Crippen molar-refractivity contribution in [1.82, 2.24) is 40.0 Å². The summed E-state index contributed by atoms with van der Waals surface area (Å²) in [7, 11) is 0. The van der Waals surface area contributed by atoms with Gasteiger partial charge in [-0.15, -0.1) is 0 Å². The predicted molar refractivity (Wildman–Crippen MR) is 228 cm³/mol. The van der Waals surface area contributed by atoms with Crippen LogP contribution >= 0.6 is 0 Å². The number of piperidine rings is 2. The molecule has 4 aliphatic heterocycles. The number of imidazole rings is 1. The van der Waals surface area contributed by atoms with Crippen molar-refractivity contribution >= 4 is 63.6 Å². The molecule has 3 N–H and O–H groups in total. The summed E-state index contributed by atoms with van der Waals surface area (Å²) in [5, 5.41) is 8.87. The Morgan fingerprint density at radius 1 is 0.738 bits per heavy atom. The number of nitrogens with one attached hydrogen (secondary N) is 3. The highest BCUT2D eigenvalue weighted by molar-refractivity contribution is 6.23. The van der Waals surface area contributed by atoms with E-state index < -0.39 is 23.8 Å². The van der Waals surface area contributed by atoms with Crippen LogP contribution in [0.4, 0.5) is 22.9 Å². The van der Waals surface area contributed by atoms with Gasteiger partial charge in [0.05, 0.1) is 23.9 Å². The van der Waals surface area contributed by atoms with E-state index in [9.17, 15) is 24.0 Å². The Morgan fingerprint density at radius 2 is 1.46 bits per heavy atom. The molecule has 1 saturated carbocycles. The molecule has 4 fully saturated rings. The third-order valence-electron chi connectivity index (χ3n) is 13.0. The molecule has 3 saturated heterocycles. The largest absolute Gasteiger partial charge is 0.371 e. The Morgan fingerprint density at radius 3 is 2.21 bits per heavy atom. The number of fused-ring (bicyclic) bond motifs is 2. The monoisotopic (exact) mass is 821 g/mol. The van der Waals surface area contributed by atoms with Gasteiger partial charge in [-0.3, -0.25) is 39.1 Å². The van der Waals surface area contributed by atoms with Gasteiger partial charge in [0.15, 0.2) is 17.0 Å². The summed E-state index contributed by atoms with van der Waals surface area (Å²) in [6.45, 7) is 5.35. The van der Waals surface area contributed by atoms with Crippen molar-refractivity contribution in [2.24, 2.45) is 0 Å². The fourth-order valence-corrected chi connectivity index (χ4v) is 9.59. The zero-order valence-corrected chi connectivity index (χ0v) is 33.7. The molecular weight excluding hydrogens is 775 g/mol. The Labute approximate surface area is 352 Å². The second kappa shape index (κ2) is 16.1. The zero-order chi connectivity index (χ0) is 41.6. The normalized spacial score (nSPS) is 22.3. The Kier molecular flexibility index (Phi) is 10.1. The first-order valence-electron chi connectivity index (χ1n) is 21.2. The molecule has 5 aliphatic rings. The van der Waals surface area contributed by atoms with Crippen LogP contribution in [0, 0.1) is 0 Å². The lowest BCUT2D eigenvalue weighted by Gasteiger charge is -2.44. The molecule has 10 rings (SSSR count). The number of hydrogen-bond donors (Lipinski definition) is 3. The molecule has 61 heavy (non-hydrogen) atoms. The fourth-order valence-electron chi connectivity index (χ4n) is 9.59. The van der Waals surface area contributed by atoms with Crippen LogP contribution in [-0.2, 0) is 20.8 Å². The van der Waals surface area contributed by atoms with Crippen molar-refractivity contribution < 1.29 is 24.0 Å². The van der Waals surface area contributed by atoms with E-state index in [1.807, 2.05) is 42.7 Å². The first kappa shape index (κ1) is 38.5. The van der Waals surface area contributed by atoms with E-state index in [0.29, 0.717) is 34.9 Å². The lowest BCUT2D eigenvalue weighted by atomic mass is 9.86. The van der Waals surface area contributed by atoms with Gasteiger partial charge < -0.3 is 25.0 Å². The van der Waals surface area contributed by atoms with E-state index in [-0.39, 0.29) is 36.7 Å². The molecule has 6 heterocycles. The zero-order valence-electron chi connectivity index (χ0n) is 33.7. The highest BCUT2D eigenvalue weighted by Gasteiger charge is 2.45. The first-order valence-corrected chi connectivity index (χ1v) is 21.2. The van der Waals surface area contributed by atoms with Crippen LogP contribution in [0.5, 0.6) is 0 Å². The smallest absolute Gasteiger partial charge is 0.262 e. The van der Waals surface area contributed by atoms with Gasteiger partial charge in [0.25, 0.3) is 11.8 Å². The van der Waals surface area contributed by atoms with E-state index in [4.69, 9.17) is 0 Å². The molecule has 0 bridgehead atoms. The summed E-state index contributed by atoms with van der Waals surface area (Å²) in [6.07, 6.45) is 7.80. The minimum atomic E-state index is -0.971. The van der Waals surface area contributed by atoms with E-state index in [0.717, 1.165) is 92.4 Å². The molecule has 2 aromatic heterocycles. The molecule has 1 atom stereocenters. The van der Waals surface area contributed by atoms with Crippen LogP contribution in [0.2, 0.25) is 0 Å². The van der Waals surface area contributed by atoms with Crippen molar-refractivity contribution in [1.29, 1.82) is 0 Å². The maximum Gasteiger partial charge on any atom is 0.262 e. The van der Waals surface area contributed by atoms with Crippen LogP contribution in [0.3, 0.4) is 0 Å². The van der Waals surface area contributed by atoms with Gasteiger partial charge in [-0.25, -0.2) is 15.0 Å². The number of rotatable bonds is 10. The number of aromatic nitrogens is 4. The van der Waals surface area contributed by atoms with Gasteiger partial charge in [0.2, 0.25) is 17.7 Å². The number of imide groups is 2. The van der Waals surface area contributed by atoms with Crippen molar-refractivity contribution in [2.45, 2.75) is 69.1 Å². The number of benzene rings is 3. The number of nitrogens with zero attached hydrogens (tertiary/aromatic N) is 8. The summed E-state index contributed by atoms with van der Waals surface area (Å²) >= 11 is 0. The number of anilines is 4. The van der Waals surface area contributed by atoms with Gasteiger partial charge in [-0.2, -0.15) is 0 Å². The standard InChI is InChI=1S/C45H47N11O5/c57-38-13-12-37(43(59)51-38)56-44(60)35-11-10-33(25-36(35)45(56)61)54-20-18-53(19-21-54)32-14-16-52(17-15-32)31-8-6-29(7-9-31)50-41-40-42(47-26-46-41)55(27-48-40)34-23-30(24-34)49-39(58)22-28-4-2-1-3-5-28/h1-11,25-27,30,32,34,37H,12-24H2,(H,49,58)(H,46,47,50)(H,51,57,59). The summed E-state index contributed by atoms with van der Waals surface area (Å²) in [5.74, 6) is -1.26. The molecule has 16 heteroatoms. The number of carbonyl (C=O) groups is 5. The van der Waals surface area contributed by atoms with Gasteiger partial charge in [0.1, 0.15) is 12.4 Å². The second-order valence-corrected chi connectivity index (χ2v) is 16.7. The molecule has 0 radical (unpaired) electrons. The molecular formula is C45H47N11O5. The minimum absolute atomic E-state index is 0.0427. The maximum atomic E-state index is 13.4. The predicted octanol–water partition coefficient (Wildman–Crippen LogP) is 3.82. The van der Waals surface area contributed by atoms with Crippen LogP contribution in [-0.4, -0.2) is 116 Å². The summed E-state index contributed by atoms with van der Waals surface area (Å²) in [6, 6.07) is 23.5. The Bertz CT molecular complexity index is 2510.